The maximum Gasteiger partial charge on any atom is 0.335 e. The molecule has 0 fully saturated rings. The van der Waals surface area contributed by atoms with Crippen LogP contribution in [-0.4, -0.2) is 21.3 Å². The van der Waals surface area contributed by atoms with Crippen LogP contribution in [-0.2, 0) is 6.54 Å². The zero-order chi connectivity index (χ0) is 14.7. The van der Waals surface area contributed by atoms with Gasteiger partial charge in [0.25, 0.3) is 0 Å². The predicted octanol–water partition coefficient (Wildman–Crippen LogP) is 2.72. The van der Waals surface area contributed by atoms with E-state index in [1.807, 2.05) is 6.92 Å². The van der Waals surface area contributed by atoms with Crippen molar-refractivity contribution in [1.82, 2.24) is 0 Å². The summed E-state index contributed by atoms with van der Waals surface area (Å²) in [6.07, 6.45) is 0. The van der Waals surface area contributed by atoms with Crippen LogP contribution >= 0.6 is 0 Å². The molecular weight excluding hydrogens is 258 g/mol. The van der Waals surface area contributed by atoms with Crippen LogP contribution in [0.1, 0.15) is 21.5 Å². The average molecular weight is 273 g/mol. The summed E-state index contributed by atoms with van der Waals surface area (Å²) in [6, 6.07) is 9.40. The molecule has 0 saturated carbocycles. The SMILES string of the molecule is Cc1ccc(C(=O)O)cc1NCc1ccc(O)c(O)c1. The number of carboxylic acid groups (broad SMARTS) is 1. The highest BCUT2D eigenvalue weighted by atomic mass is 16.4. The number of rotatable bonds is 4. The minimum atomic E-state index is -0.977. The molecule has 2 aromatic carbocycles. The molecule has 2 aromatic rings. The highest BCUT2D eigenvalue weighted by molar-refractivity contribution is 5.89. The van der Waals surface area contributed by atoms with E-state index < -0.39 is 5.97 Å². The van der Waals surface area contributed by atoms with E-state index in [0.717, 1.165) is 16.8 Å². The van der Waals surface area contributed by atoms with Crippen LogP contribution in [0.25, 0.3) is 0 Å². The maximum absolute atomic E-state index is 10.9. The predicted molar refractivity (Wildman–Crippen MR) is 75.2 cm³/mol. The molecule has 0 bridgehead atoms. The smallest absolute Gasteiger partial charge is 0.335 e. The number of hydrogen-bond acceptors (Lipinski definition) is 4. The zero-order valence-electron chi connectivity index (χ0n) is 10.9. The summed E-state index contributed by atoms with van der Waals surface area (Å²) < 4.78 is 0. The molecule has 0 amide bonds. The molecule has 0 saturated heterocycles. The number of aromatic carboxylic acids is 1. The number of aromatic hydroxyl groups is 2. The molecule has 0 radical (unpaired) electrons. The van der Waals surface area contributed by atoms with Gasteiger partial charge in [0.2, 0.25) is 0 Å². The van der Waals surface area contributed by atoms with Gasteiger partial charge in [-0.15, -0.1) is 0 Å². The van der Waals surface area contributed by atoms with Crippen molar-refractivity contribution in [2.75, 3.05) is 5.32 Å². The van der Waals surface area contributed by atoms with Crippen molar-refractivity contribution in [3.05, 3.63) is 53.1 Å². The lowest BCUT2D eigenvalue weighted by molar-refractivity contribution is 0.0697. The van der Waals surface area contributed by atoms with Crippen molar-refractivity contribution in [1.29, 1.82) is 0 Å². The highest BCUT2D eigenvalue weighted by Gasteiger charge is 2.06. The molecule has 0 aromatic heterocycles. The Morgan fingerprint density at radius 1 is 1.10 bits per heavy atom. The number of carboxylic acids is 1. The lowest BCUT2D eigenvalue weighted by Gasteiger charge is -2.11. The van der Waals surface area contributed by atoms with Crippen LogP contribution in [0.2, 0.25) is 0 Å². The number of phenols is 2. The number of anilines is 1. The first-order chi connectivity index (χ1) is 9.47. The Morgan fingerprint density at radius 3 is 2.50 bits per heavy atom. The molecule has 2 rings (SSSR count). The van der Waals surface area contributed by atoms with Crippen LogP contribution in [0.15, 0.2) is 36.4 Å². The largest absolute Gasteiger partial charge is 0.504 e. The lowest BCUT2D eigenvalue weighted by Crippen LogP contribution is -2.03. The molecule has 0 spiro atoms. The van der Waals surface area contributed by atoms with Gasteiger partial charge in [0.05, 0.1) is 5.56 Å². The average Bonchev–Trinajstić information content (AvgIpc) is 2.41. The van der Waals surface area contributed by atoms with Gasteiger partial charge in [-0.1, -0.05) is 12.1 Å². The third kappa shape index (κ3) is 3.00. The quantitative estimate of drug-likeness (QED) is 0.643. The van der Waals surface area contributed by atoms with Gasteiger partial charge in [0.15, 0.2) is 11.5 Å². The van der Waals surface area contributed by atoms with E-state index in [1.165, 1.54) is 12.1 Å². The monoisotopic (exact) mass is 273 g/mol. The third-order valence-corrected chi connectivity index (χ3v) is 3.01. The highest BCUT2D eigenvalue weighted by Crippen LogP contribution is 2.25. The Bertz CT molecular complexity index is 652. The Morgan fingerprint density at radius 2 is 1.85 bits per heavy atom. The fourth-order valence-corrected chi connectivity index (χ4v) is 1.82. The van der Waals surface area contributed by atoms with Crippen LogP contribution in [0.3, 0.4) is 0 Å². The number of carbonyl (C=O) groups is 1. The lowest BCUT2D eigenvalue weighted by atomic mass is 10.1. The first-order valence-electron chi connectivity index (χ1n) is 6.06. The summed E-state index contributed by atoms with van der Waals surface area (Å²) in [5, 5.41) is 30.7. The van der Waals surface area contributed by atoms with Gasteiger partial charge >= 0.3 is 5.97 Å². The van der Waals surface area contributed by atoms with E-state index in [4.69, 9.17) is 5.11 Å². The Labute approximate surface area is 116 Å². The topological polar surface area (TPSA) is 89.8 Å². The van der Waals surface area contributed by atoms with Crippen LogP contribution < -0.4 is 5.32 Å². The van der Waals surface area contributed by atoms with Gasteiger partial charge in [-0.3, -0.25) is 0 Å². The molecule has 104 valence electrons. The summed E-state index contributed by atoms with van der Waals surface area (Å²) >= 11 is 0. The minimum absolute atomic E-state index is 0.169. The van der Waals surface area contributed by atoms with E-state index in [0.29, 0.717) is 6.54 Å². The summed E-state index contributed by atoms with van der Waals surface area (Å²) in [4.78, 5) is 10.9. The molecule has 4 N–H and O–H groups in total. The molecule has 0 aliphatic carbocycles. The standard InChI is InChI=1S/C15H15NO4/c1-9-2-4-11(15(19)20)7-12(9)16-8-10-3-5-13(17)14(18)6-10/h2-7,16-18H,8H2,1H3,(H,19,20). The maximum atomic E-state index is 10.9. The van der Waals surface area contributed by atoms with Gasteiger partial charge in [-0.05, 0) is 42.3 Å². The number of phenolic OH excluding ortho intramolecular Hbond substituents is 2. The normalized spacial score (nSPS) is 10.2. The molecular formula is C15H15NO4. The summed E-state index contributed by atoms with van der Waals surface area (Å²) in [5.74, 6) is -1.33. The van der Waals surface area contributed by atoms with Crippen molar-refractivity contribution in [3.63, 3.8) is 0 Å². The van der Waals surface area contributed by atoms with Crippen LogP contribution in [0.5, 0.6) is 11.5 Å². The van der Waals surface area contributed by atoms with Gasteiger partial charge in [-0.2, -0.15) is 0 Å². The van der Waals surface area contributed by atoms with Crippen molar-refractivity contribution in [2.24, 2.45) is 0 Å². The van der Waals surface area contributed by atoms with Crippen molar-refractivity contribution in [3.8, 4) is 11.5 Å². The molecule has 20 heavy (non-hydrogen) atoms. The Kier molecular flexibility index (Phi) is 3.79. The molecule has 0 unspecified atom stereocenters. The third-order valence-electron chi connectivity index (χ3n) is 3.01. The van der Waals surface area contributed by atoms with Gasteiger partial charge in [-0.25, -0.2) is 4.79 Å². The van der Waals surface area contributed by atoms with E-state index in [9.17, 15) is 15.0 Å². The molecule has 0 heterocycles. The second-order valence-electron chi connectivity index (χ2n) is 4.51. The summed E-state index contributed by atoms with van der Waals surface area (Å²) in [7, 11) is 0. The van der Waals surface area contributed by atoms with Gasteiger partial charge in [0.1, 0.15) is 0 Å². The fourth-order valence-electron chi connectivity index (χ4n) is 1.82. The zero-order valence-corrected chi connectivity index (χ0v) is 10.9. The van der Waals surface area contributed by atoms with E-state index in [-0.39, 0.29) is 17.1 Å². The Hall–Kier alpha value is -2.69. The van der Waals surface area contributed by atoms with Crippen molar-refractivity contribution < 1.29 is 20.1 Å². The fraction of sp³-hybridized carbons (Fsp3) is 0.133. The molecule has 0 aliphatic rings. The van der Waals surface area contributed by atoms with Crippen molar-refractivity contribution >= 4 is 11.7 Å². The first-order valence-corrected chi connectivity index (χ1v) is 6.06. The molecule has 0 atom stereocenters. The number of aryl methyl sites for hydroxylation is 1. The van der Waals surface area contributed by atoms with Gasteiger partial charge < -0.3 is 20.6 Å². The van der Waals surface area contributed by atoms with E-state index in [1.54, 1.807) is 24.3 Å². The Balaban J connectivity index is 2.15. The number of nitrogens with one attached hydrogen (secondary N) is 1. The second kappa shape index (κ2) is 5.52. The van der Waals surface area contributed by atoms with Gasteiger partial charge in [0, 0.05) is 12.2 Å². The molecule has 0 aliphatic heterocycles. The first kappa shape index (κ1) is 13.7. The van der Waals surface area contributed by atoms with Crippen molar-refractivity contribution in [2.45, 2.75) is 13.5 Å². The van der Waals surface area contributed by atoms with E-state index >= 15 is 0 Å². The summed E-state index contributed by atoms with van der Waals surface area (Å²) in [5.41, 5.74) is 2.64. The van der Waals surface area contributed by atoms with E-state index in [2.05, 4.69) is 5.32 Å². The minimum Gasteiger partial charge on any atom is -0.504 e. The van der Waals surface area contributed by atoms with Crippen LogP contribution in [0, 0.1) is 6.92 Å². The van der Waals surface area contributed by atoms with Crippen LogP contribution in [0.4, 0.5) is 5.69 Å². The summed E-state index contributed by atoms with van der Waals surface area (Å²) in [6.45, 7) is 2.29. The number of benzene rings is 2. The second-order valence-corrected chi connectivity index (χ2v) is 4.51. The molecule has 5 nitrogen and oxygen atoms in total. The molecule has 5 heteroatoms. The number of hydrogen-bond donors (Lipinski definition) is 4.